The maximum Gasteiger partial charge on any atom is 0.255 e. The van der Waals surface area contributed by atoms with E-state index in [1.54, 1.807) is 11.3 Å². The molecule has 2 aromatic heterocycles. The lowest BCUT2D eigenvalue weighted by atomic mass is 9.78. The third-order valence-corrected chi connectivity index (χ3v) is 6.26. The SMILES string of the molecule is Cc1nc(-c2ccsc2)ccc1C(=O)N1CCC2(CCNC2)CC1. The van der Waals surface area contributed by atoms with E-state index in [1.807, 2.05) is 29.3 Å². The Hall–Kier alpha value is -1.72. The van der Waals surface area contributed by atoms with Crippen molar-refractivity contribution in [2.45, 2.75) is 26.2 Å². The molecule has 4 nitrogen and oxygen atoms in total. The van der Waals surface area contributed by atoms with Crippen molar-refractivity contribution in [2.24, 2.45) is 5.41 Å². The molecule has 0 unspecified atom stereocenters. The molecule has 4 rings (SSSR count). The van der Waals surface area contributed by atoms with Gasteiger partial charge in [0, 0.05) is 30.6 Å². The number of likely N-dealkylation sites (tertiary alicyclic amines) is 1. The van der Waals surface area contributed by atoms with E-state index in [9.17, 15) is 4.79 Å². The van der Waals surface area contributed by atoms with Crippen molar-refractivity contribution in [1.82, 2.24) is 15.2 Å². The molecule has 1 spiro atoms. The van der Waals surface area contributed by atoms with Crippen molar-refractivity contribution in [2.75, 3.05) is 26.2 Å². The van der Waals surface area contributed by atoms with E-state index >= 15 is 0 Å². The molecule has 1 amide bonds. The molecule has 2 fully saturated rings. The molecule has 0 atom stereocenters. The Morgan fingerprint density at radius 1 is 1.25 bits per heavy atom. The van der Waals surface area contributed by atoms with Crippen LogP contribution in [0.2, 0.25) is 0 Å². The van der Waals surface area contributed by atoms with Gasteiger partial charge in [0.2, 0.25) is 0 Å². The number of thiophene rings is 1. The summed E-state index contributed by atoms with van der Waals surface area (Å²) in [5.41, 5.74) is 4.07. The molecule has 0 aromatic carbocycles. The van der Waals surface area contributed by atoms with Gasteiger partial charge in [-0.05, 0) is 61.7 Å². The van der Waals surface area contributed by atoms with E-state index in [-0.39, 0.29) is 5.91 Å². The molecule has 4 heterocycles. The van der Waals surface area contributed by atoms with E-state index < -0.39 is 0 Å². The van der Waals surface area contributed by atoms with Crippen LogP contribution in [-0.2, 0) is 0 Å². The highest BCUT2D eigenvalue weighted by molar-refractivity contribution is 7.08. The number of nitrogens with one attached hydrogen (secondary N) is 1. The second-order valence-corrected chi connectivity index (χ2v) is 7.84. The second kappa shape index (κ2) is 6.30. The van der Waals surface area contributed by atoms with Crippen molar-refractivity contribution in [3.8, 4) is 11.3 Å². The Morgan fingerprint density at radius 3 is 2.71 bits per heavy atom. The fraction of sp³-hybridized carbons (Fsp3) is 0.474. The van der Waals surface area contributed by atoms with Gasteiger partial charge in [-0.3, -0.25) is 9.78 Å². The second-order valence-electron chi connectivity index (χ2n) is 7.06. The van der Waals surface area contributed by atoms with Crippen LogP contribution in [0, 0.1) is 12.3 Å². The molecule has 126 valence electrons. The molecule has 2 aromatic rings. The first-order valence-electron chi connectivity index (χ1n) is 8.67. The van der Waals surface area contributed by atoms with Crippen LogP contribution in [0.1, 0.15) is 35.3 Å². The normalized spacial score (nSPS) is 19.8. The van der Waals surface area contributed by atoms with Crippen molar-refractivity contribution in [3.05, 3.63) is 40.2 Å². The fourth-order valence-electron chi connectivity index (χ4n) is 3.93. The fourth-order valence-corrected chi connectivity index (χ4v) is 4.58. The van der Waals surface area contributed by atoms with Crippen LogP contribution >= 0.6 is 11.3 Å². The number of pyridine rings is 1. The lowest BCUT2D eigenvalue weighted by molar-refractivity contribution is 0.0606. The van der Waals surface area contributed by atoms with Gasteiger partial charge in [0.1, 0.15) is 0 Å². The van der Waals surface area contributed by atoms with E-state index in [4.69, 9.17) is 0 Å². The maximum absolute atomic E-state index is 12.9. The first-order chi connectivity index (χ1) is 11.7. The standard InChI is InChI=1S/C19H23N3OS/c1-14-16(2-3-17(21-14)15-4-11-24-12-15)18(23)22-9-6-19(7-10-22)5-8-20-13-19/h2-4,11-12,20H,5-10,13H2,1H3. The Labute approximate surface area is 146 Å². The maximum atomic E-state index is 12.9. The predicted octanol–water partition coefficient (Wildman–Crippen LogP) is 3.33. The highest BCUT2D eigenvalue weighted by Gasteiger charge is 2.38. The van der Waals surface area contributed by atoms with E-state index in [0.29, 0.717) is 5.41 Å². The number of hydrogen-bond donors (Lipinski definition) is 1. The molecule has 2 aliphatic rings. The van der Waals surface area contributed by atoms with E-state index in [1.165, 1.54) is 6.42 Å². The molecule has 5 heteroatoms. The van der Waals surface area contributed by atoms with Crippen LogP contribution < -0.4 is 5.32 Å². The summed E-state index contributed by atoms with van der Waals surface area (Å²) in [4.78, 5) is 19.6. The van der Waals surface area contributed by atoms with Gasteiger partial charge in [-0.25, -0.2) is 0 Å². The predicted molar refractivity (Wildman–Crippen MR) is 97.3 cm³/mol. The summed E-state index contributed by atoms with van der Waals surface area (Å²) < 4.78 is 0. The number of carbonyl (C=O) groups is 1. The molecular weight excluding hydrogens is 318 g/mol. The number of piperidine rings is 1. The van der Waals surface area contributed by atoms with Crippen LogP contribution in [0.4, 0.5) is 0 Å². The van der Waals surface area contributed by atoms with Crippen LogP contribution in [0.5, 0.6) is 0 Å². The third-order valence-electron chi connectivity index (χ3n) is 5.58. The highest BCUT2D eigenvalue weighted by Crippen LogP contribution is 2.37. The first-order valence-corrected chi connectivity index (χ1v) is 9.61. The molecule has 0 saturated carbocycles. The summed E-state index contributed by atoms with van der Waals surface area (Å²) in [6, 6.07) is 5.97. The summed E-state index contributed by atoms with van der Waals surface area (Å²) in [5.74, 6) is 0.137. The summed E-state index contributed by atoms with van der Waals surface area (Å²) in [6.45, 7) is 5.92. The average Bonchev–Trinajstić information content (AvgIpc) is 3.27. The monoisotopic (exact) mass is 341 g/mol. The minimum Gasteiger partial charge on any atom is -0.339 e. The molecule has 0 bridgehead atoms. The lowest BCUT2D eigenvalue weighted by Crippen LogP contribution is -2.44. The van der Waals surface area contributed by atoms with Gasteiger partial charge in [-0.15, -0.1) is 0 Å². The Kier molecular flexibility index (Phi) is 4.14. The number of nitrogens with zero attached hydrogens (tertiary/aromatic N) is 2. The van der Waals surface area contributed by atoms with Crippen LogP contribution in [0.25, 0.3) is 11.3 Å². The molecule has 2 saturated heterocycles. The van der Waals surface area contributed by atoms with Gasteiger partial charge in [-0.2, -0.15) is 11.3 Å². The van der Waals surface area contributed by atoms with Gasteiger partial charge in [0.25, 0.3) is 5.91 Å². The zero-order valence-corrected chi connectivity index (χ0v) is 14.9. The van der Waals surface area contributed by atoms with Crippen LogP contribution in [0.15, 0.2) is 29.0 Å². The average molecular weight is 341 g/mol. The molecule has 0 aliphatic carbocycles. The summed E-state index contributed by atoms with van der Waals surface area (Å²) in [7, 11) is 0. The van der Waals surface area contributed by atoms with Crippen molar-refractivity contribution in [3.63, 3.8) is 0 Å². The zero-order valence-electron chi connectivity index (χ0n) is 14.0. The molecule has 24 heavy (non-hydrogen) atoms. The van der Waals surface area contributed by atoms with Gasteiger partial charge < -0.3 is 10.2 Å². The third kappa shape index (κ3) is 2.87. The number of rotatable bonds is 2. The topological polar surface area (TPSA) is 45.2 Å². The van der Waals surface area contributed by atoms with E-state index in [2.05, 4.69) is 21.7 Å². The smallest absolute Gasteiger partial charge is 0.255 e. The number of aromatic nitrogens is 1. The Morgan fingerprint density at radius 2 is 2.08 bits per heavy atom. The number of hydrogen-bond acceptors (Lipinski definition) is 4. The Balaban J connectivity index is 1.49. The van der Waals surface area contributed by atoms with Gasteiger partial charge in [0.15, 0.2) is 0 Å². The van der Waals surface area contributed by atoms with Crippen LogP contribution in [0.3, 0.4) is 0 Å². The lowest BCUT2D eigenvalue weighted by Gasteiger charge is -2.39. The largest absolute Gasteiger partial charge is 0.339 e. The Bertz CT molecular complexity index is 725. The summed E-state index contributed by atoms with van der Waals surface area (Å²) in [5, 5.41) is 7.61. The molecule has 1 N–H and O–H groups in total. The number of aryl methyl sites for hydroxylation is 1. The quantitative estimate of drug-likeness (QED) is 0.911. The molecular formula is C19H23N3OS. The van der Waals surface area contributed by atoms with Gasteiger partial charge >= 0.3 is 0 Å². The van der Waals surface area contributed by atoms with Crippen molar-refractivity contribution < 1.29 is 4.79 Å². The summed E-state index contributed by atoms with van der Waals surface area (Å²) in [6.07, 6.45) is 3.49. The number of amides is 1. The number of carbonyl (C=O) groups excluding carboxylic acids is 1. The van der Waals surface area contributed by atoms with Crippen molar-refractivity contribution in [1.29, 1.82) is 0 Å². The van der Waals surface area contributed by atoms with E-state index in [0.717, 1.165) is 61.5 Å². The first kappa shape index (κ1) is 15.8. The highest BCUT2D eigenvalue weighted by atomic mass is 32.1. The molecule has 0 radical (unpaired) electrons. The summed E-state index contributed by atoms with van der Waals surface area (Å²) >= 11 is 1.66. The van der Waals surface area contributed by atoms with Gasteiger partial charge in [-0.1, -0.05) is 0 Å². The van der Waals surface area contributed by atoms with Gasteiger partial charge in [0.05, 0.1) is 17.0 Å². The van der Waals surface area contributed by atoms with Crippen molar-refractivity contribution >= 4 is 17.2 Å². The minimum atomic E-state index is 0.137. The van der Waals surface area contributed by atoms with Crippen LogP contribution in [-0.4, -0.2) is 42.0 Å². The molecule has 2 aliphatic heterocycles. The minimum absolute atomic E-state index is 0.137. The zero-order chi connectivity index (χ0) is 16.6.